The van der Waals surface area contributed by atoms with Gasteiger partial charge >= 0.3 is 0 Å². The highest BCUT2D eigenvalue weighted by atomic mass is 79.9. The van der Waals surface area contributed by atoms with Crippen molar-refractivity contribution >= 4 is 33.9 Å². The molecule has 0 saturated carbocycles. The van der Waals surface area contributed by atoms with E-state index >= 15 is 0 Å². The van der Waals surface area contributed by atoms with Crippen molar-refractivity contribution in [3.05, 3.63) is 63.9 Å². The van der Waals surface area contributed by atoms with E-state index in [-0.39, 0.29) is 0 Å². The van der Waals surface area contributed by atoms with E-state index in [1.54, 1.807) is 25.1 Å². The average Bonchev–Trinajstić information content (AvgIpc) is 3.08. The van der Waals surface area contributed by atoms with E-state index < -0.39 is 0 Å². The summed E-state index contributed by atoms with van der Waals surface area (Å²) in [6.45, 7) is 0. The predicted molar refractivity (Wildman–Crippen MR) is 111 cm³/mol. The SMILES string of the molecule is COc1cc(Br)cc(/C=N\n2c(Cc3ccccc3)nnc2SC)c1OC. The molecule has 0 fully saturated rings. The molecular formula is C19H19BrN4O2S. The molecule has 1 heterocycles. The van der Waals surface area contributed by atoms with Crippen LogP contribution in [0.5, 0.6) is 11.5 Å². The second kappa shape index (κ2) is 9.05. The van der Waals surface area contributed by atoms with E-state index in [0.29, 0.717) is 17.9 Å². The molecule has 0 spiro atoms. The van der Waals surface area contributed by atoms with Crippen molar-refractivity contribution < 1.29 is 9.47 Å². The molecule has 27 heavy (non-hydrogen) atoms. The number of methoxy groups -OCH3 is 2. The molecule has 0 bridgehead atoms. The molecule has 140 valence electrons. The molecule has 8 heteroatoms. The summed E-state index contributed by atoms with van der Waals surface area (Å²) in [5.74, 6) is 2.02. The number of benzene rings is 2. The molecule has 0 aliphatic carbocycles. The summed E-state index contributed by atoms with van der Waals surface area (Å²) in [7, 11) is 3.21. The van der Waals surface area contributed by atoms with Crippen LogP contribution >= 0.6 is 27.7 Å². The van der Waals surface area contributed by atoms with Crippen LogP contribution in [0.2, 0.25) is 0 Å². The van der Waals surface area contributed by atoms with Gasteiger partial charge in [-0.2, -0.15) is 9.78 Å². The lowest BCUT2D eigenvalue weighted by Crippen LogP contribution is -2.02. The third kappa shape index (κ3) is 4.51. The smallest absolute Gasteiger partial charge is 0.211 e. The summed E-state index contributed by atoms with van der Waals surface area (Å²) in [6.07, 6.45) is 4.32. The number of halogens is 1. The maximum Gasteiger partial charge on any atom is 0.211 e. The molecule has 0 amide bonds. The molecular weight excluding hydrogens is 428 g/mol. The van der Waals surface area contributed by atoms with Crippen LogP contribution in [0.25, 0.3) is 0 Å². The van der Waals surface area contributed by atoms with Crippen LogP contribution in [-0.2, 0) is 6.42 Å². The molecule has 0 unspecified atom stereocenters. The minimum absolute atomic E-state index is 0.618. The van der Waals surface area contributed by atoms with Gasteiger partial charge in [0.1, 0.15) is 0 Å². The number of hydrogen-bond donors (Lipinski definition) is 0. The van der Waals surface area contributed by atoms with Crippen molar-refractivity contribution in [1.82, 2.24) is 14.9 Å². The lowest BCUT2D eigenvalue weighted by Gasteiger charge is -2.11. The van der Waals surface area contributed by atoms with Gasteiger partial charge in [-0.25, -0.2) is 0 Å². The van der Waals surface area contributed by atoms with Crippen molar-refractivity contribution in [3.8, 4) is 11.5 Å². The molecule has 0 aliphatic heterocycles. The first-order valence-electron chi connectivity index (χ1n) is 8.14. The summed E-state index contributed by atoms with van der Waals surface area (Å²) in [4.78, 5) is 0. The van der Waals surface area contributed by atoms with E-state index in [1.807, 2.05) is 36.6 Å². The Hall–Kier alpha value is -2.32. The van der Waals surface area contributed by atoms with Crippen molar-refractivity contribution in [3.63, 3.8) is 0 Å². The van der Waals surface area contributed by atoms with Crippen LogP contribution < -0.4 is 9.47 Å². The summed E-state index contributed by atoms with van der Waals surface area (Å²) < 4.78 is 13.5. The topological polar surface area (TPSA) is 61.5 Å². The molecule has 3 aromatic rings. The second-order valence-electron chi connectivity index (χ2n) is 5.55. The molecule has 0 atom stereocenters. The zero-order chi connectivity index (χ0) is 19.2. The van der Waals surface area contributed by atoms with Gasteiger partial charge in [-0.3, -0.25) is 0 Å². The van der Waals surface area contributed by atoms with E-state index in [2.05, 4.69) is 43.4 Å². The minimum atomic E-state index is 0.618. The summed E-state index contributed by atoms with van der Waals surface area (Å²) in [6, 6.07) is 13.9. The third-order valence-corrected chi connectivity index (χ3v) is 4.93. The maximum absolute atomic E-state index is 5.49. The fourth-order valence-corrected chi connectivity index (χ4v) is 3.50. The molecule has 0 aliphatic rings. The fourth-order valence-electron chi connectivity index (χ4n) is 2.60. The van der Waals surface area contributed by atoms with Crippen molar-refractivity contribution in [2.45, 2.75) is 11.6 Å². The lowest BCUT2D eigenvalue weighted by molar-refractivity contribution is 0.354. The maximum atomic E-state index is 5.49. The predicted octanol–water partition coefficient (Wildman–Crippen LogP) is 4.25. The Kier molecular flexibility index (Phi) is 6.52. The fraction of sp³-hybridized carbons (Fsp3) is 0.211. The molecule has 1 aromatic heterocycles. The van der Waals surface area contributed by atoms with E-state index in [4.69, 9.17) is 9.47 Å². The van der Waals surface area contributed by atoms with E-state index in [1.165, 1.54) is 11.8 Å². The van der Waals surface area contributed by atoms with Crippen LogP contribution in [0, 0.1) is 0 Å². The third-order valence-electron chi connectivity index (χ3n) is 3.85. The van der Waals surface area contributed by atoms with Crippen LogP contribution in [-0.4, -0.2) is 41.6 Å². The van der Waals surface area contributed by atoms with Gasteiger partial charge in [-0.1, -0.05) is 58.0 Å². The largest absolute Gasteiger partial charge is 0.493 e. The van der Waals surface area contributed by atoms with Crippen molar-refractivity contribution in [1.29, 1.82) is 0 Å². The average molecular weight is 447 g/mol. The van der Waals surface area contributed by atoms with Gasteiger partial charge in [0.05, 0.1) is 20.4 Å². The van der Waals surface area contributed by atoms with Gasteiger partial charge in [0, 0.05) is 16.5 Å². The number of hydrogen-bond acceptors (Lipinski definition) is 6. The van der Waals surface area contributed by atoms with Crippen molar-refractivity contribution in [2.75, 3.05) is 20.5 Å². The number of ether oxygens (including phenoxy) is 2. The van der Waals surface area contributed by atoms with Gasteiger partial charge in [-0.15, -0.1) is 10.2 Å². The Morgan fingerprint density at radius 2 is 1.93 bits per heavy atom. The van der Waals surface area contributed by atoms with Crippen molar-refractivity contribution in [2.24, 2.45) is 5.10 Å². The molecule has 6 nitrogen and oxygen atoms in total. The number of thioether (sulfide) groups is 1. The Labute approximate surface area is 170 Å². The second-order valence-corrected chi connectivity index (χ2v) is 7.24. The van der Waals surface area contributed by atoms with Gasteiger partial charge in [0.15, 0.2) is 17.3 Å². The highest BCUT2D eigenvalue weighted by Gasteiger charge is 2.13. The van der Waals surface area contributed by atoms with Gasteiger partial charge < -0.3 is 9.47 Å². The number of aromatic nitrogens is 3. The first-order chi connectivity index (χ1) is 13.2. The van der Waals surface area contributed by atoms with E-state index in [0.717, 1.165) is 26.6 Å². The quantitative estimate of drug-likeness (QED) is 0.400. The van der Waals surface area contributed by atoms with Gasteiger partial charge in [0.25, 0.3) is 0 Å². The summed E-state index contributed by atoms with van der Waals surface area (Å²) >= 11 is 4.98. The van der Waals surface area contributed by atoms with Gasteiger partial charge in [0.2, 0.25) is 5.16 Å². The number of rotatable bonds is 7. The van der Waals surface area contributed by atoms with Crippen LogP contribution in [0.4, 0.5) is 0 Å². The highest BCUT2D eigenvalue weighted by Crippen LogP contribution is 2.33. The van der Waals surface area contributed by atoms with Crippen LogP contribution in [0.15, 0.2) is 57.2 Å². The lowest BCUT2D eigenvalue weighted by atomic mass is 10.1. The first-order valence-corrected chi connectivity index (χ1v) is 10.2. The Morgan fingerprint density at radius 1 is 1.15 bits per heavy atom. The Balaban J connectivity index is 1.98. The molecule has 3 rings (SSSR count). The number of nitrogens with zero attached hydrogens (tertiary/aromatic N) is 4. The molecule has 0 radical (unpaired) electrons. The van der Waals surface area contributed by atoms with Gasteiger partial charge in [-0.05, 0) is 24.0 Å². The van der Waals surface area contributed by atoms with Crippen LogP contribution in [0.3, 0.4) is 0 Å². The van der Waals surface area contributed by atoms with E-state index in [9.17, 15) is 0 Å². The monoisotopic (exact) mass is 446 g/mol. The highest BCUT2D eigenvalue weighted by molar-refractivity contribution is 9.10. The Bertz CT molecular complexity index is 944. The summed E-state index contributed by atoms with van der Waals surface area (Å²) in [5, 5.41) is 13.9. The van der Waals surface area contributed by atoms with Crippen LogP contribution in [0.1, 0.15) is 17.0 Å². The first kappa shape index (κ1) is 19.4. The summed E-state index contributed by atoms with van der Waals surface area (Å²) in [5.41, 5.74) is 1.94. The zero-order valence-corrected chi connectivity index (χ0v) is 17.6. The zero-order valence-electron chi connectivity index (χ0n) is 15.2. The molecule has 2 aromatic carbocycles. The molecule has 0 N–H and O–H groups in total. The minimum Gasteiger partial charge on any atom is -0.493 e. The normalized spacial score (nSPS) is 11.1. The standard InChI is InChI=1S/C19H19BrN4O2S/c1-25-16-11-15(20)10-14(18(16)26-2)12-21-24-17(22-23-19(24)27-3)9-13-7-5-4-6-8-13/h4-8,10-12H,9H2,1-3H3/b21-12-. The Morgan fingerprint density at radius 3 is 2.59 bits per heavy atom. The molecule has 0 saturated heterocycles.